The molecule has 0 saturated carbocycles. The molecule has 1 unspecified atom stereocenters. The number of halogens is 1. The molecule has 6 nitrogen and oxygen atoms in total. The number of carbonyl (C=O) groups is 1. The van der Waals surface area contributed by atoms with Crippen LogP contribution in [0.15, 0.2) is 12.3 Å². The van der Waals surface area contributed by atoms with Crippen LogP contribution in [0.25, 0.3) is 0 Å². The maximum Gasteiger partial charge on any atom is 0.307 e. The molecule has 0 N–H and O–H groups in total. The molecule has 1 aromatic heterocycles. The number of pyridine rings is 1. The van der Waals surface area contributed by atoms with Gasteiger partial charge < -0.3 is 9.64 Å². The summed E-state index contributed by atoms with van der Waals surface area (Å²) in [6.45, 7) is 1.56. The molecule has 1 saturated heterocycles. The highest BCUT2D eigenvalue weighted by molar-refractivity contribution is 7.87. The average molecular weight is 288 g/mol. The van der Waals surface area contributed by atoms with Crippen LogP contribution < -0.4 is 9.64 Å². The normalized spacial score (nSPS) is 19.8. The number of anilines is 1. The van der Waals surface area contributed by atoms with E-state index in [2.05, 4.69) is 4.98 Å². The number of hydrogen-bond acceptors (Lipinski definition) is 5. The van der Waals surface area contributed by atoms with Gasteiger partial charge in [-0.05, 0) is 13.0 Å². The third-order valence-corrected chi connectivity index (χ3v) is 4.12. The highest BCUT2D eigenvalue weighted by Gasteiger charge is 2.39. The Balaban J connectivity index is 2.28. The van der Waals surface area contributed by atoms with Crippen LogP contribution in [0.3, 0.4) is 0 Å². The Morgan fingerprint density at radius 1 is 1.53 bits per heavy atom. The third-order valence-electron chi connectivity index (χ3n) is 3.01. The first kappa shape index (κ1) is 13.7. The van der Waals surface area contributed by atoms with E-state index in [-0.39, 0.29) is 13.0 Å². The van der Waals surface area contributed by atoms with Gasteiger partial charge in [-0.1, -0.05) is 0 Å². The van der Waals surface area contributed by atoms with E-state index in [0.29, 0.717) is 17.1 Å². The predicted molar refractivity (Wildman–Crippen MR) is 66.3 cm³/mol. The Bertz CT molecular complexity index is 617. The molecule has 2 rings (SSSR count). The van der Waals surface area contributed by atoms with Crippen LogP contribution >= 0.6 is 0 Å². The van der Waals surface area contributed by atoms with E-state index in [4.69, 9.17) is 4.74 Å². The highest BCUT2D eigenvalue weighted by Crippen LogP contribution is 2.27. The van der Waals surface area contributed by atoms with Gasteiger partial charge in [-0.25, -0.2) is 4.98 Å². The molecule has 2 heterocycles. The smallest absolute Gasteiger partial charge is 0.307 e. The van der Waals surface area contributed by atoms with Crippen LogP contribution in [0.2, 0.25) is 0 Å². The van der Waals surface area contributed by atoms with Gasteiger partial charge in [-0.3, -0.25) is 4.79 Å². The molecular weight excluding hydrogens is 275 g/mol. The van der Waals surface area contributed by atoms with E-state index in [9.17, 15) is 17.1 Å². The van der Waals surface area contributed by atoms with Crippen molar-refractivity contribution in [3.8, 4) is 5.88 Å². The summed E-state index contributed by atoms with van der Waals surface area (Å²) in [5, 5.41) is -1.30. The zero-order valence-electron chi connectivity index (χ0n) is 10.5. The SMILES string of the molecule is COc1ncc(N2CC(S(=O)(=O)F)CC2=O)cc1C. The quantitative estimate of drug-likeness (QED) is 0.769. The lowest BCUT2D eigenvalue weighted by molar-refractivity contribution is -0.117. The number of nitrogens with zero attached hydrogens (tertiary/aromatic N) is 2. The van der Waals surface area contributed by atoms with Crippen molar-refractivity contribution in [2.45, 2.75) is 18.6 Å². The summed E-state index contributed by atoms with van der Waals surface area (Å²) < 4.78 is 39.6. The van der Waals surface area contributed by atoms with E-state index < -0.39 is 21.4 Å². The lowest BCUT2D eigenvalue weighted by atomic mass is 10.2. The lowest BCUT2D eigenvalue weighted by Gasteiger charge is -2.16. The molecule has 0 radical (unpaired) electrons. The van der Waals surface area contributed by atoms with Gasteiger partial charge in [0.15, 0.2) is 0 Å². The Labute approximate surface area is 110 Å². The van der Waals surface area contributed by atoms with Crippen LogP contribution in [0.4, 0.5) is 9.57 Å². The minimum Gasteiger partial charge on any atom is -0.481 e. The van der Waals surface area contributed by atoms with Gasteiger partial charge >= 0.3 is 10.2 Å². The van der Waals surface area contributed by atoms with Crippen LogP contribution in [0.5, 0.6) is 5.88 Å². The molecule has 0 aromatic carbocycles. The molecule has 1 atom stereocenters. The molecule has 0 spiro atoms. The second-order valence-electron chi connectivity index (χ2n) is 4.33. The fraction of sp³-hybridized carbons (Fsp3) is 0.455. The molecule has 0 aliphatic carbocycles. The number of carbonyl (C=O) groups excluding carboxylic acids is 1. The van der Waals surface area contributed by atoms with Gasteiger partial charge in [0.25, 0.3) is 0 Å². The van der Waals surface area contributed by atoms with Gasteiger partial charge in [0.05, 0.1) is 19.0 Å². The molecule has 0 bridgehead atoms. The number of aromatic nitrogens is 1. The fourth-order valence-corrected chi connectivity index (χ4v) is 2.69. The zero-order chi connectivity index (χ0) is 14.2. The van der Waals surface area contributed by atoms with Gasteiger partial charge in [-0.15, -0.1) is 3.89 Å². The largest absolute Gasteiger partial charge is 0.481 e. The summed E-state index contributed by atoms with van der Waals surface area (Å²) in [5.41, 5.74) is 1.15. The zero-order valence-corrected chi connectivity index (χ0v) is 11.3. The van der Waals surface area contributed by atoms with Crippen molar-refractivity contribution in [1.82, 2.24) is 4.98 Å². The number of rotatable bonds is 3. The number of aryl methyl sites for hydroxylation is 1. The van der Waals surface area contributed by atoms with Crippen LogP contribution in [-0.4, -0.2) is 38.2 Å². The molecule has 1 aliphatic heterocycles. The summed E-state index contributed by atoms with van der Waals surface area (Å²) in [6, 6.07) is 1.65. The molecule has 1 aliphatic rings. The van der Waals surface area contributed by atoms with Gasteiger partial charge in [0.2, 0.25) is 11.8 Å². The van der Waals surface area contributed by atoms with Crippen molar-refractivity contribution >= 4 is 21.8 Å². The first-order valence-corrected chi connectivity index (χ1v) is 7.02. The first-order valence-electron chi connectivity index (χ1n) is 5.57. The molecule has 1 fully saturated rings. The Hall–Kier alpha value is -1.70. The van der Waals surface area contributed by atoms with Crippen molar-refractivity contribution in [2.75, 3.05) is 18.6 Å². The Morgan fingerprint density at radius 3 is 2.68 bits per heavy atom. The molecule has 1 aromatic rings. The summed E-state index contributed by atoms with van der Waals surface area (Å²) in [4.78, 5) is 17.0. The third kappa shape index (κ3) is 2.67. The highest BCUT2D eigenvalue weighted by atomic mass is 32.3. The Morgan fingerprint density at radius 2 is 2.21 bits per heavy atom. The van der Waals surface area contributed by atoms with Crippen LogP contribution in [0.1, 0.15) is 12.0 Å². The maximum atomic E-state index is 12.9. The van der Waals surface area contributed by atoms with Crippen LogP contribution in [-0.2, 0) is 15.0 Å². The summed E-state index contributed by atoms with van der Waals surface area (Å²) in [5.74, 6) is -0.0114. The number of methoxy groups -OCH3 is 1. The van der Waals surface area contributed by atoms with E-state index >= 15 is 0 Å². The van der Waals surface area contributed by atoms with Gasteiger partial charge in [0, 0.05) is 18.5 Å². The molecule has 19 heavy (non-hydrogen) atoms. The Kier molecular flexibility index (Phi) is 3.44. The van der Waals surface area contributed by atoms with Crippen molar-refractivity contribution in [3.05, 3.63) is 17.8 Å². The minimum absolute atomic E-state index is 0.189. The van der Waals surface area contributed by atoms with Crippen molar-refractivity contribution in [2.24, 2.45) is 0 Å². The van der Waals surface area contributed by atoms with E-state index in [1.165, 1.54) is 18.2 Å². The summed E-state index contributed by atoms with van der Waals surface area (Å²) in [6.07, 6.45) is 1.06. The van der Waals surface area contributed by atoms with Crippen molar-refractivity contribution in [3.63, 3.8) is 0 Å². The standard InChI is InChI=1S/C11H13FN2O4S/c1-7-3-8(5-13-11(7)18-2)14-6-9(4-10(14)15)19(12,16)17/h3,5,9H,4,6H2,1-2H3. The van der Waals surface area contributed by atoms with Crippen molar-refractivity contribution < 1.29 is 21.8 Å². The minimum atomic E-state index is -4.71. The predicted octanol–water partition coefficient (Wildman–Crippen LogP) is 0.803. The summed E-state index contributed by atoms with van der Waals surface area (Å²) in [7, 11) is -3.23. The molecule has 104 valence electrons. The molecular formula is C11H13FN2O4S. The molecule has 1 amide bonds. The van der Waals surface area contributed by atoms with E-state index in [1.54, 1.807) is 13.0 Å². The second-order valence-corrected chi connectivity index (χ2v) is 5.94. The summed E-state index contributed by atoms with van der Waals surface area (Å²) >= 11 is 0. The number of hydrogen-bond donors (Lipinski definition) is 0. The van der Waals surface area contributed by atoms with Gasteiger partial charge in [0.1, 0.15) is 5.25 Å². The maximum absolute atomic E-state index is 12.9. The second kappa shape index (κ2) is 4.76. The first-order chi connectivity index (χ1) is 8.82. The van der Waals surface area contributed by atoms with Crippen LogP contribution in [0, 0.1) is 6.92 Å². The van der Waals surface area contributed by atoms with Crippen molar-refractivity contribution in [1.29, 1.82) is 0 Å². The molecule has 8 heteroatoms. The monoisotopic (exact) mass is 288 g/mol. The lowest BCUT2D eigenvalue weighted by Crippen LogP contribution is -2.27. The van der Waals surface area contributed by atoms with Gasteiger partial charge in [-0.2, -0.15) is 8.42 Å². The van der Waals surface area contributed by atoms with E-state index in [1.807, 2.05) is 0 Å². The van der Waals surface area contributed by atoms with E-state index in [0.717, 1.165) is 0 Å². The topological polar surface area (TPSA) is 76.6 Å². The number of ether oxygens (including phenoxy) is 1. The average Bonchev–Trinajstić information content (AvgIpc) is 2.71. The number of amides is 1. The fourth-order valence-electron chi connectivity index (χ4n) is 2.02.